The van der Waals surface area contributed by atoms with Gasteiger partial charge in [-0.05, 0) is 36.1 Å². The Morgan fingerprint density at radius 3 is 1.94 bits per heavy atom. The number of thioether (sulfide) groups is 1. The van der Waals surface area contributed by atoms with E-state index in [4.69, 9.17) is 9.47 Å². The predicted molar refractivity (Wildman–Crippen MR) is 175 cm³/mol. The van der Waals surface area contributed by atoms with Gasteiger partial charge in [-0.15, -0.1) is 11.8 Å². The molecular formula is C35H35F3N2O5S2. The van der Waals surface area contributed by atoms with Crippen molar-refractivity contribution in [2.45, 2.75) is 36.0 Å². The Hall–Kier alpha value is -3.68. The summed E-state index contributed by atoms with van der Waals surface area (Å²) in [5.41, 5.74) is 2.82. The molecule has 0 unspecified atom stereocenters. The van der Waals surface area contributed by atoms with Gasteiger partial charge in [0.2, 0.25) is 0 Å². The van der Waals surface area contributed by atoms with E-state index in [0.29, 0.717) is 12.5 Å². The van der Waals surface area contributed by atoms with Crippen LogP contribution in [0.1, 0.15) is 35.6 Å². The van der Waals surface area contributed by atoms with Crippen LogP contribution in [0.15, 0.2) is 103 Å². The minimum atomic E-state index is -4.22. The fourth-order valence-electron chi connectivity index (χ4n) is 5.77. The van der Waals surface area contributed by atoms with Crippen LogP contribution in [0.2, 0.25) is 0 Å². The number of hydrogen-bond acceptors (Lipinski definition) is 6. The molecule has 1 aliphatic rings. The highest BCUT2D eigenvalue weighted by Crippen LogP contribution is 2.52. The number of halogens is 3. The zero-order valence-corrected chi connectivity index (χ0v) is 27.3. The standard InChI is InChI=1S/C35H35F3N2O5S2/c1-2-45-34(41)21-39-47(42,43)40-22-30(19-29(40)24-44-23-25-18-32(37)33(38)20-31(25)36)46-35(26-12-6-3-7-13-26,27-14-8-4-9-15-27)28-16-10-5-11-17-28/h3-18,20,29-30,39H,2,19,21-24H2,1H3/t29-,30+/m0/s1. The van der Waals surface area contributed by atoms with Crippen LogP contribution >= 0.6 is 11.8 Å². The SMILES string of the molecule is CCOC(=O)CNS(=O)(=O)N1C[C@H](SC(c2ccccc2)(c2ccccc2)c2ccccc2)C[C@H]1COCc1cc(F)c(F)cc1F. The third-order valence-electron chi connectivity index (χ3n) is 7.88. The number of rotatable bonds is 14. The van der Waals surface area contributed by atoms with Crippen molar-refractivity contribution in [3.8, 4) is 0 Å². The third kappa shape index (κ3) is 8.07. The molecule has 4 aromatic rings. The number of ether oxygens (including phenoxy) is 2. The van der Waals surface area contributed by atoms with E-state index in [2.05, 4.69) is 4.72 Å². The first-order chi connectivity index (χ1) is 22.6. The molecule has 1 N–H and O–H groups in total. The van der Waals surface area contributed by atoms with E-state index in [1.807, 2.05) is 91.0 Å². The van der Waals surface area contributed by atoms with E-state index in [-0.39, 0.29) is 30.6 Å². The molecule has 1 heterocycles. The van der Waals surface area contributed by atoms with E-state index in [9.17, 15) is 26.4 Å². The molecule has 0 bridgehead atoms. The first kappa shape index (κ1) is 34.6. The Bertz CT molecular complexity index is 1650. The molecule has 4 aromatic carbocycles. The molecule has 5 rings (SSSR count). The highest BCUT2D eigenvalue weighted by Gasteiger charge is 2.46. The van der Waals surface area contributed by atoms with Crippen molar-refractivity contribution in [2.75, 3.05) is 26.3 Å². The summed E-state index contributed by atoms with van der Waals surface area (Å²) in [6.45, 7) is 0.677. The van der Waals surface area contributed by atoms with Crippen LogP contribution in [0.3, 0.4) is 0 Å². The van der Waals surface area contributed by atoms with Crippen molar-refractivity contribution in [1.82, 2.24) is 9.03 Å². The summed E-state index contributed by atoms with van der Waals surface area (Å²) in [6.07, 6.45) is 0.347. The predicted octanol–water partition coefficient (Wildman–Crippen LogP) is 6.19. The van der Waals surface area contributed by atoms with Crippen LogP contribution in [-0.2, 0) is 35.8 Å². The lowest BCUT2D eigenvalue weighted by Gasteiger charge is -2.37. The molecule has 12 heteroatoms. The number of nitrogens with one attached hydrogen (secondary N) is 1. The van der Waals surface area contributed by atoms with Gasteiger partial charge in [-0.25, -0.2) is 13.2 Å². The monoisotopic (exact) mass is 684 g/mol. The highest BCUT2D eigenvalue weighted by atomic mass is 32.2. The summed E-state index contributed by atoms with van der Waals surface area (Å²) in [7, 11) is -4.22. The van der Waals surface area contributed by atoms with E-state index in [1.54, 1.807) is 18.7 Å². The fraction of sp³-hybridized carbons (Fsp3) is 0.286. The Morgan fingerprint density at radius 2 is 1.40 bits per heavy atom. The van der Waals surface area contributed by atoms with Crippen molar-refractivity contribution in [3.05, 3.63) is 143 Å². The zero-order chi connectivity index (χ0) is 33.4. The molecule has 1 saturated heterocycles. The first-order valence-electron chi connectivity index (χ1n) is 15.1. The van der Waals surface area contributed by atoms with Gasteiger partial charge < -0.3 is 9.47 Å². The second kappa shape index (κ2) is 15.5. The molecular weight excluding hydrogens is 650 g/mol. The summed E-state index contributed by atoms with van der Waals surface area (Å²) in [5.74, 6) is -4.22. The maximum atomic E-state index is 14.3. The Labute approximate surface area is 277 Å². The lowest BCUT2D eigenvalue weighted by molar-refractivity contribution is -0.141. The largest absolute Gasteiger partial charge is 0.465 e. The van der Waals surface area contributed by atoms with E-state index in [0.717, 1.165) is 22.8 Å². The molecule has 47 heavy (non-hydrogen) atoms. The smallest absolute Gasteiger partial charge is 0.321 e. The molecule has 248 valence electrons. The Morgan fingerprint density at radius 1 is 0.872 bits per heavy atom. The lowest BCUT2D eigenvalue weighted by atomic mass is 9.84. The molecule has 0 amide bonds. The molecule has 0 radical (unpaired) electrons. The summed E-state index contributed by atoms with van der Waals surface area (Å²) in [5, 5.41) is -0.275. The van der Waals surface area contributed by atoms with E-state index < -0.39 is 57.6 Å². The lowest BCUT2D eigenvalue weighted by Crippen LogP contribution is -2.46. The molecule has 2 atom stereocenters. The van der Waals surface area contributed by atoms with Crippen molar-refractivity contribution in [3.63, 3.8) is 0 Å². The molecule has 0 spiro atoms. The highest BCUT2D eigenvalue weighted by molar-refractivity contribution is 8.01. The zero-order valence-electron chi connectivity index (χ0n) is 25.7. The van der Waals surface area contributed by atoms with Gasteiger partial charge in [0.05, 0.1) is 30.6 Å². The van der Waals surface area contributed by atoms with Gasteiger partial charge in [-0.1, -0.05) is 91.0 Å². The molecule has 0 aliphatic carbocycles. The number of carbonyl (C=O) groups is 1. The van der Waals surface area contributed by atoms with Gasteiger partial charge >= 0.3 is 5.97 Å². The fourth-order valence-corrected chi connectivity index (χ4v) is 9.12. The second-order valence-electron chi connectivity index (χ2n) is 11.0. The minimum Gasteiger partial charge on any atom is -0.465 e. The number of nitrogens with zero attached hydrogens (tertiary/aromatic N) is 1. The summed E-state index contributed by atoms with van der Waals surface area (Å²) in [6, 6.07) is 30.4. The Kier molecular flexibility index (Phi) is 11.4. The van der Waals surface area contributed by atoms with Crippen molar-refractivity contribution >= 4 is 27.9 Å². The molecule has 0 saturated carbocycles. The van der Waals surface area contributed by atoms with Gasteiger partial charge in [0, 0.05) is 23.4 Å². The van der Waals surface area contributed by atoms with Crippen LogP contribution in [0.25, 0.3) is 0 Å². The van der Waals surface area contributed by atoms with E-state index >= 15 is 0 Å². The van der Waals surface area contributed by atoms with Crippen LogP contribution in [-0.4, -0.2) is 56.3 Å². The molecule has 1 aliphatic heterocycles. The van der Waals surface area contributed by atoms with Gasteiger partial charge in [-0.3, -0.25) is 4.79 Å². The average molecular weight is 685 g/mol. The maximum Gasteiger partial charge on any atom is 0.321 e. The first-order valence-corrected chi connectivity index (χ1v) is 17.4. The van der Waals surface area contributed by atoms with Gasteiger partial charge in [0.1, 0.15) is 12.4 Å². The number of esters is 1. The van der Waals surface area contributed by atoms with Crippen molar-refractivity contribution < 1.29 is 35.9 Å². The van der Waals surface area contributed by atoms with Crippen LogP contribution < -0.4 is 4.72 Å². The molecule has 1 fully saturated rings. The van der Waals surface area contributed by atoms with Gasteiger partial charge in [0.15, 0.2) is 11.6 Å². The summed E-state index contributed by atoms with van der Waals surface area (Å²) in [4.78, 5) is 12.0. The average Bonchev–Trinajstić information content (AvgIpc) is 3.50. The minimum absolute atomic E-state index is 0.0740. The summed E-state index contributed by atoms with van der Waals surface area (Å²) >= 11 is 1.62. The third-order valence-corrected chi connectivity index (χ3v) is 11.2. The van der Waals surface area contributed by atoms with E-state index in [1.165, 1.54) is 4.31 Å². The molecule has 7 nitrogen and oxygen atoms in total. The number of benzene rings is 4. The maximum absolute atomic E-state index is 14.3. The van der Waals surface area contributed by atoms with Gasteiger partial charge in [0.25, 0.3) is 10.2 Å². The summed E-state index contributed by atoms with van der Waals surface area (Å²) < 4.78 is 82.3. The van der Waals surface area contributed by atoms with Crippen LogP contribution in [0.4, 0.5) is 13.2 Å². The topological polar surface area (TPSA) is 84.9 Å². The number of carbonyl (C=O) groups excluding carboxylic acids is 1. The van der Waals surface area contributed by atoms with Gasteiger partial charge in [-0.2, -0.15) is 17.4 Å². The van der Waals surface area contributed by atoms with Crippen molar-refractivity contribution in [1.29, 1.82) is 0 Å². The Balaban J connectivity index is 1.47. The number of hydrogen-bond donors (Lipinski definition) is 1. The normalized spacial score (nSPS) is 17.1. The van der Waals surface area contributed by atoms with Crippen LogP contribution in [0, 0.1) is 17.5 Å². The second-order valence-corrected chi connectivity index (χ2v) is 14.2. The van der Waals surface area contributed by atoms with Crippen molar-refractivity contribution in [2.24, 2.45) is 0 Å². The molecule has 0 aromatic heterocycles. The van der Waals surface area contributed by atoms with Crippen LogP contribution in [0.5, 0.6) is 0 Å². The quantitative estimate of drug-likeness (QED) is 0.0970.